The van der Waals surface area contributed by atoms with Crippen molar-refractivity contribution in [3.63, 3.8) is 0 Å². The van der Waals surface area contributed by atoms with Crippen molar-refractivity contribution < 1.29 is 9.22 Å². The standard InChI is InChI=1S/C9H18O2Si/c1-3-7-12(9(2)10)8-5-4-6-11-12/h3-8H2,1-2H3. The first-order valence-corrected chi connectivity index (χ1v) is 7.18. The van der Waals surface area contributed by atoms with Crippen LogP contribution in [0.2, 0.25) is 12.1 Å². The average Bonchev–Trinajstić information content (AvgIpc) is 2.06. The fourth-order valence-electron chi connectivity index (χ4n) is 1.91. The molecule has 1 unspecified atom stereocenters. The van der Waals surface area contributed by atoms with E-state index in [2.05, 4.69) is 6.92 Å². The maximum Gasteiger partial charge on any atom is 0.264 e. The molecular formula is C9H18O2Si. The summed E-state index contributed by atoms with van der Waals surface area (Å²) in [4.78, 5) is 11.4. The van der Waals surface area contributed by atoms with E-state index in [-0.39, 0.29) is 0 Å². The lowest BCUT2D eigenvalue weighted by atomic mass is 10.4. The Morgan fingerprint density at radius 2 is 2.25 bits per heavy atom. The first-order valence-electron chi connectivity index (χ1n) is 4.86. The van der Waals surface area contributed by atoms with E-state index in [9.17, 15) is 4.79 Å². The van der Waals surface area contributed by atoms with Crippen molar-refractivity contribution in [2.75, 3.05) is 6.61 Å². The van der Waals surface area contributed by atoms with Gasteiger partial charge in [0.25, 0.3) is 8.32 Å². The Morgan fingerprint density at radius 1 is 1.50 bits per heavy atom. The molecule has 3 heteroatoms. The number of carbonyl (C=O) groups is 1. The molecule has 70 valence electrons. The molecule has 0 spiro atoms. The van der Waals surface area contributed by atoms with E-state index in [4.69, 9.17) is 4.43 Å². The highest BCUT2D eigenvalue weighted by molar-refractivity contribution is 7.01. The highest BCUT2D eigenvalue weighted by Crippen LogP contribution is 2.27. The molecule has 0 saturated carbocycles. The molecule has 1 rings (SSSR count). The molecule has 1 heterocycles. The third-order valence-corrected chi connectivity index (χ3v) is 7.16. The van der Waals surface area contributed by atoms with E-state index >= 15 is 0 Å². The van der Waals surface area contributed by atoms with Crippen molar-refractivity contribution >= 4 is 13.7 Å². The van der Waals surface area contributed by atoms with E-state index in [1.165, 1.54) is 6.42 Å². The molecule has 0 N–H and O–H groups in total. The van der Waals surface area contributed by atoms with Gasteiger partial charge in [-0.2, -0.15) is 0 Å². The van der Waals surface area contributed by atoms with E-state index < -0.39 is 8.32 Å². The summed E-state index contributed by atoms with van der Waals surface area (Å²) >= 11 is 0. The Labute approximate surface area is 75.4 Å². The summed E-state index contributed by atoms with van der Waals surface area (Å²) in [6.07, 6.45) is 3.43. The molecule has 0 aliphatic carbocycles. The van der Waals surface area contributed by atoms with Crippen molar-refractivity contribution in [3.05, 3.63) is 0 Å². The Bertz CT molecular complexity index is 156. The second-order valence-electron chi connectivity index (χ2n) is 3.61. The van der Waals surface area contributed by atoms with Crippen LogP contribution in [0.25, 0.3) is 0 Å². The molecule has 0 aromatic carbocycles. The molecule has 1 atom stereocenters. The molecule has 0 radical (unpaired) electrons. The summed E-state index contributed by atoms with van der Waals surface area (Å²) in [6, 6.07) is 2.10. The minimum Gasteiger partial charge on any atom is -0.409 e. The zero-order valence-corrected chi connectivity index (χ0v) is 9.06. The van der Waals surface area contributed by atoms with Crippen molar-refractivity contribution in [1.82, 2.24) is 0 Å². The fraction of sp³-hybridized carbons (Fsp3) is 0.889. The van der Waals surface area contributed by atoms with Crippen molar-refractivity contribution in [2.24, 2.45) is 0 Å². The molecule has 0 amide bonds. The molecule has 1 aliphatic rings. The molecule has 1 saturated heterocycles. The van der Waals surface area contributed by atoms with Crippen LogP contribution in [0, 0.1) is 0 Å². The van der Waals surface area contributed by atoms with E-state index in [0.29, 0.717) is 5.41 Å². The minimum atomic E-state index is -1.90. The number of carbonyl (C=O) groups excluding carboxylic acids is 1. The van der Waals surface area contributed by atoms with E-state index in [1.807, 2.05) is 0 Å². The van der Waals surface area contributed by atoms with Gasteiger partial charge in [0.1, 0.15) is 5.41 Å². The highest BCUT2D eigenvalue weighted by Gasteiger charge is 2.40. The van der Waals surface area contributed by atoms with Crippen LogP contribution in [0.1, 0.15) is 33.1 Å². The fourth-order valence-corrected chi connectivity index (χ4v) is 5.52. The zero-order chi connectivity index (χ0) is 9.03. The van der Waals surface area contributed by atoms with Crippen LogP contribution in [0.3, 0.4) is 0 Å². The lowest BCUT2D eigenvalue weighted by Crippen LogP contribution is -2.48. The van der Waals surface area contributed by atoms with Crippen LogP contribution in [-0.2, 0) is 9.22 Å². The summed E-state index contributed by atoms with van der Waals surface area (Å²) in [5, 5.41) is 0.351. The summed E-state index contributed by atoms with van der Waals surface area (Å²) in [5.41, 5.74) is 0. The first kappa shape index (κ1) is 9.93. The molecule has 2 nitrogen and oxygen atoms in total. The minimum absolute atomic E-state index is 0.351. The van der Waals surface area contributed by atoms with Gasteiger partial charge in [0, 0.05) is 6.61 Å². The number of rotatable bonds is 3. The van der Waals surface area contributed by atoms with Gasteiger partial charge in [-0.05, 0) is 25.4 Å². The normalized spacial score (nSPS) is 30.2. The molecule has 12 heavy (non-hydrogen) atoms. The highest BCUT2D eigenvalue weighted by atomic mass is 28.4. The lowest BCUT2D eigenvalue weighted by molar-refractivity contribution is -0.112. The molecule has 1 fully saturated rings. The Kier molecular flexibility index (Phi) is 3.47. The van der Waals surface area contributed by atoms with Crippen molar-refractivity contribution in [1.29, 1.82) is 0 Å². The van der Waals surface area contributed by atoms with Gasteiger partial charge in [-0.1, -0.05) is 19.8 Å². The summed E-state index contributed by atoms with van der Waals surface area (Å²) in [5.74, 6) is 0. The van der Waals surface area contributed by atoms with E-state index in [0.717, 1.165) is 31.5 Å². The van der Waals surface area contributed by atoms with Gasteiger partial charge in [-0.3, -0.25) is 0 Å². The Balaban J connectivity index is 2.63. The van der Waals surface area contributed by atoms with Gasteiger partial charge >= 0.3 is 0 Å². The lowest BCUT2D eigenvalue weighted by Gasteiger charge is -2.32. The quantitative estimate of drug-likeness (QED) is 0.632. The second-order valence-corrected chi connectivity index (χ2v) is 7.59. The van der Waals surface area contributed by atoms with E-state index in [1.54, 1.807) is 6.92 Å². The third-order valence-electron chi connectivity index (χ3n) is 2.65. The van der Waals surface area contributed by atoms with Crippen LogP contribution in [-0.4, -0.2) is 20.3 Å². The van der Waals surface area contributed by atoms with Gasteiger partial charge in [0.15, 0.2) is 0 Å². The predicted molar refractivity (Wildman–Crippen MR) is 51.5 cm³/mol. The molecule has 1 aliphatic heterocycles. The van der Waals surface area contributed by atoms with Crippen LogP contribution in [0.5, 0.6) is 0 Å². The molecule has 0 aromatic rings. The first-order chi connectivity index (χ1) is 5.71. The van der Waals surface area contributed by atoms with Crippen LogP contribution < -0.4 is 0 Å². The summed E-state index contributed by atoms with van der Waals surface area (Å²) < 4.78 is 5.76. The van der Waals surface area contributed by atoms with Gasteiger partial charge in [0.05, 0.1) is 0 Å². The predicted octanol–water partition coefficient (Wildman–Crippen LogP) is 2.28. The summed E-state index contributed by atoms with van der Waals surface area (Å²) in [7, 11) is -1.90. The molecule has 0 aromatic heterocycles. The molecule has 0 bridgehead atoms. The van der Waals surface area contributed by atoms with Gasteiger partial charge in [-0.25, -0.2) is 0 Å². The van der Waals surface area contributed by atoms with Crippen LogP contribution >= 0.6 is 0 Å². The van der Waals surface area contributed by atoms with Crippen molar-refractivity contribution in [3.8, 4) is 0 Å². The maximum absolute atomic E-state index is 11.4. The second kappa shape index (κ2) is 4.19. The van der Waals surface area contributed by atoms with Crippen LogP contribution in [0.15, 0.2) is 0 Å². The smallest absolute Gasteiger partial charge is 0.264 e. The topological polar surface area (TPSA) is 26.3 Å². The Hall–Kier alpha value is -0.153. The number of hydrogen-bond donors (Lipinski definition) is 0. The third kappa shape index (κ3) is 1.96. The number of hydrogen-bond acceptors (Lipinski definition) is 2. The maximum atomic E-state index is 11.4. The average molecular weight is 186 g/mol. The van der Waals surface area contributed by atoms with Gasteiger partial charge < -0.3 is 9.22 Å². The van der Waals surface area contributed by atoms with Gasteiger partial charge in [0.2, 0.25) is 0 Å². The Morgan fingerprint density at radius 3 is 2.67 bits per heavy atom. The van der Waals surface area contributed by atoms with Crippen LogP contribution in [0.4, 0.5) is 0 Å². The summed E-state index contributed by atoms with van der Waals surface area (Å²) in [6.45, 7) is 4.68. The molecular weight excluding hydrogens is 168 g/mol. The monoisotopic (exact) mass is 186 g/mol. The van der Waals surface area contributed by atoms with Crippen molar-refractivity contribution in [2.45, 2.75) is 45.2 Å². The van der Waals surface area contributed by atoms with Gasteiger partial charge in [-0.15, -0.1) is 0 Å². The zero-order valence-electron chi connectivity index (χ0n) is 8.06. The largest absolute Gasteiger partial charge is 0.409 e. The SMILES string of the molecule is CCC[Si]1(C(C)=O)CCCCO1.